The molecule has 0 bridgehead atoms. The van der Waals surface area contributed by atoms with E-state index in [0.717, 1.165) is 6.07 Å². The summed E-state index contributed by atoms with van der Waals surface area (Å²) in [6, 6.07) is 4.39. The van der Waals surface area contributed by atoms with Crippen molar-refractivity contribution in [3.63, 3.8) is 0 Å². The van der Waals surface area contributed by atoms with Crippen LogP contribution >= 0.6 is 0 Å². The minimum absolute atomic E-state index is 0.0445. The van der Waals surface area contributed by atoms with E-state index in [1.54, 1.807) is 11.9 Å². The molecule has 27 heavy (non-hydrogen) atoms. The third-order valence-corrected chi connectivity index (χ3v) is 6.16. The Kier molecular flexibility index (Phi) is 5.09. The first-order chi connectivity index (χ1) is 12.7. The third-order valence-electron chi connectivity index (χ3n) is 4.41. The highest BCUT2D eigenvalue weighted by atomic mass is 32.2. The molecule has 1 aromatic heterocycles. The Labute approximate surface area is 153 Å². The second-order valence-electron chi connectivity index (χ2n) is 6.25. The molecule has 2 aromatic rings. The van der Waals surface area contributed by atoms with Crippen molar-refractivity contribution in [3.05, 3.63) is 53.5 Å². The minimum Gasteiger partial charge on any atom is -0.356 e. The third kappa shape index (κ3) is 4.05. The van der Waals surface area contributed by atoms with Crippen LogP contribution in [0, 0.1) is 17.5 Å². The number of benzene rings is 1. The van der Waals surface area contributed by atoms with Crippen LogP contribution in [0.2, 0.25) is 0 Å². The summed E-state index contributed by atoms with van der Waals surface area (Å²) in [6.07, 6.45) is 1.74. The number of amides is 1. The van der Waals surface area contributed by atoms with E-state index in [1.807, 2.05) is 0 Å². The predicted octanol–water partition coefficient (Wildman–Crippen LogP) is 2.37. The van der Waals surface area contributed by atoms with Gasteiger partial charge >= 0.3 is 0 Å². The van der Waals surface area contributed by atoms with Crippen LogP contribution < -0.4 is 10.2 Å². The summed E-state index contributed by atoms with van der Waals surface area (Å²) in [5, 5.41) is 2.16. The Hall–Kier alpha value is -2.62. The molecule has 1 saturated heterocycles. The maximum absolute atomic E-state index is 13.6. The van der Waals surface area contributed by atoms with Crippen molar-refractivity contribution in [1.82, 2.24) is 4.98 Å². The fraction of sp³-hybridized carbons (Fsp3) is 0.294. The fourth-order valence-corrected chi connectivity index (χ4v) is 4.59. The second kappa shape index (κ2) is 7.18. The van der Waals surface area contributed by atoms with Crippen LogP contribution in [0.4, 0.5) is 24.7 Å². The van der Waals surface area contributed by atoms with Gasteiger partial charge in [0.2, 0.25) is 0 Å². The van der Waals surface area contributed by atoms with Crippen LogP contribution in [-0.4, -0.2) is 43.9 Å². The van der Waals surface area contributed by atoms with Crippen molar-refractivity contribution in [2.24, 2.45) is 0 Å². The molecule has 1 amide bonds. The molecule has 0 aliphatic carbocycles. The number of carbonyl (C=O) groups excluding carboxylic acids is 1. The van der Waals surface area contributed by atoms with E-state index in [4.69, 9.17) is 0 Å². The van der Waals surface area contributed by atoms with Gasteiger partial charge in [0.25, 0.3) is 5.91 Å². The molecule has 144 valence electrons. The van der Waals surface area contributed by atoms with Gasteiger partial charge in [-0.05, 0) is 30.7 Å². The van der Waals surface area contributed by atoms with Gasteiger partial charge < -0.3 is 10.2 Å². The Balaban J connectivity index is 1.72. The van der Waals surface area contributed by atoms with Crippen molar-refractivity contribution in [2.75, 3.05) is 28.8 Å². The maximum Gasteiger partial charge on any atom is 0.257 e. The number of hydrogen-bond acceptors (Lipinski definition) is 5. The van der Waals surface area contributed by atoms with E-state index in [0.29, 0.717) is 18.3 Å². The number of nitrogens with zero attached hydrogens (tertiary/aromatic N) is 2. The number of anilines is 2. The zero-order valence-corrected chi connectivity index (χ0v) is 15.1. The monoisotopic (exact) mass is 399 g/mol. The van der Waals surface area contributed by atoms with Crippen molar-refractivity contribution in [3.8, 4) is 0 Å². The van der Waals surface area contributed by atoms with Crippen LogP contribution in [0.3, 0.4) is 0 Å². The molecular formula is C17H16F3N3O3S. The number of aromatic nitrogens is 1. The van der Waals surface area contributed by atoms with Gasteiger partial charge in [0.05, 0.1) is 22.8 Å². The highest BCUT2D eigenvalue weighted by Gasteiger charge is 2.31. The highest BCUT2D eigenvalue weighted by Crippen LogP contribution is 2.23. The second-order valence-corrected chi connectivity index (χ2v) is 8.48. The maximum atomic E-state index is 13.6. The number of pyridine rings is 1. The quantitative estimate of drug-likeness (QED) is 0.799. The van der Waals surface area contributed by atoms with E-state index < -0.39 is 38.9 Å². The first-order valence-corrected chi connectivity index (χ1v) is 9.84. The molecule has 1 unspecified atom stereocenters. The summed E-state index contributed by atoms with van der Waals surface area (Å²) < 4.78 is 63.0. The largest absolute Gasteiger partial charge is 0.356 e. The van der Waals surface area contributed by atoms with Crippen molar-refractivity contribution < 1.29 is 26.4 Å². The smallest absolute Gasteiger partial charge is 0.257 e. The molecule has 1 fully saturated rings. The number of halogens is 3. The molecule has 1 atom stereocenters. The number of hydrogen-bond donors (Lipinski definition) is 1. The summed E-state index contributed by atoms with van der Waals surface area (Å²) in [5.74, 6) is -4.61. The molecule has 1 aliphatic rings. The van der Waals surface area contributed by atoms with Gasteiger partial charge in [-0.2, -0.15) is 0 Å². The summed E-state index contributed by atoms with van der Waals surface area (Å²) in [6.45, 7) is 0. The normalized spacial score (nSPS) is 18.3. The van der Waals surface area contributed by atoms with Gasteiger partial charge in [-0.25, -0.2) is 26.6 Å². The van der Waals surface area contributed by atoms with Crippen molar-refractivity contribution >= 4 is 27.2 Å². The molecule has 0 radical (unpaired) electrons. The minimum atomic E-state index is -3.04. The predicted molar refractivity (Wildman–Crippen MR) is 94.0 cm³/mol. The molecule has 2 heterocycles. The Bertz CT molecular complexity index is 981. The zero-order valence-electron chi connectivity index (χ0n) is 14.2. The fourth-order valence-electron chi connectivity index (χ4n) is 2.81. The molecule has 0 spiro atoms. The summed E-state index contributed by atoms with van der Waals surface area (Å²) in [5.41, 5.74) is -0.411. The number of carbonyl (C=O) groups is 1. The number of rotatable bonds is 4. The Morgan fingerprint density at radius 2 is 1.93 bits per heavy atom. The lowest BCUT2D eigenvalue weighted by atomic mass is 10.2. The average Bonchev–Trinajstić information content (AvgIpc) is 3.01. The lowest BCUT2D eigenvalue weighted by molar-refractivity contribution is 0.102. The Morgan fingerprint density at radius 3 is 2.52 bits per heavy atom. The average molecular weight is 399 g/mol. The van der Waals surface area contributed by atoms with Gasteiger partial charge in [-0.1, -0.05) is 0 Å². The van der Waals surface area contributed by atoms with Gasteiger partial charge in [0, 0.05) is 19.3 Å². The Morgan fingerprint density at radius 1 is 1.19 bits per heavy atom. The molecule has 0 saturated carbocycles. The highest BCUT2D eigenvalue weighted by molar-refractivity contribution is 7.91. The number of nitrogens with one attached hydrogen (secondary N) is 1. The summed E-state index contributed by atoms with van der Waals surface area (Å²) in [7, 11) is -1.33. The van der Waals surface area contributed by atoms with Crippen LogP contribution in [-0.2, 0) is 9.84 Å². The SMILES string of the molecule is CN(c1ccc(C(=O)Nc2ccc(F)c(F)c2F)cn1)C1CCS(=O)(=O)C1. The van der Waals surface area contributed by atoms with Crippen LogP contribution in [0.15, 0.2) is 30.5 Å². The standard InChI is InChI=1S/C17H16F3N3O3S/c1-23(11-6-7-27(25,26)9-11)14-5-2-10(8-21-14)17(24)22-13-4-3-12(18)15(19)16(13)20/h2-5,8,11H,6-7,9H2,1H3,(H,22,24). The molecule has 10 heteroatoms. The van der Waals surface area contributed by atoms with E-state index in [-0.39, 0.29) is 23.1 Å². The van der Waals surface area contributed by atoms with E-state index in [9.17, 15) is 26.4 Å². The van der Waals surface area contributed by atoms with Crippen molar-refractivity contribution in [2.45, 2.75) is 12.5 Å². The molecular weight excluding hydrogens is 383 g/mol. The summed E-state index contributed by atoms with van der Waals surface area (Å²) in [4.78, 5) is 18.0. The lowest BCUT2D eigenvalue weighted by Crippen LogP contribution is -2.33. The summed E-state index contributed by atoms with van der Waals surface area (Å²) >= 11 is 0. The van der Waals surface area contributed by atoms with E-state index in [1.165, 1.54) is 18.3 Å². The van der Waals surface area contributed by atoms with Gasteiger partial charge in [0.1, 0.15) is 5.82 Å². The van der Waals surface area contributed by atoms with Gasteiger partial charge in [0.15, 0.2) is 27.3 Å². The zero-order chi connectivity index (χ0) is 19.8. The lowest BCUT2D eigenvalue weighted by Gasteiger charge is -2.24. The van der Waals surface area contributed by atoms with Gasteiger partial charge in [-0.3, -0.25) is 4.79 Å². The van der Waals surface area contributed by atoms with Crippen LogP contribution in [0.1, 0.15) is 16.8 Å². The van der Waals surface area contributed by atoms with E-state index >= 15 is 0 Å². The number of sulfone groups is 1. The molecule has 1 aromatic carbocycles. The first-order valence-electron chi connectivity index (χ1n) is 8.02. The molecule has 1 aliphatic heterocycles. The van der Waals surface area contributed by atoms with Crippen LogP contribution in [0.5, 0.6) is 0 Å². The molecule has 3 rings (SSSR count). The van der Waals surface area contributed by atoms with Gasteiger partial charge in [-0.15, -0.1) is 0 Å². The van der Waals surface area contributed by atoms with Crippen molar-refractivity contribution in [1.29, 1.82) is 0 Å². The molecule has 6 nitrogen and oxygen atoms in total. The topological polar surface area (TPSA) is 79.4 Å². The van der Waals surface area contributed by atoms with E-state index in [2.05, 4.69) is 10.3 Å². The molecule has 1 N–H and O–H groups in total. The van der Waals surface area contributed by atoms with Crippen LogP contribution in [0.25, 0.3) is 0 Å². The first kappa shape index (κ1) is 19.2.